The molecule has 2 aromatic rings. The summed E-state index contributed by atoms with van der Waals surface area (Å²) in [4.78, 5) is 55.2. The predicted octanol–water partition coefficient (Wildman–Crippen LogP) is 3.63. The standard InChI is InChI=1S/C28H30N2O5/c1-4-29-25(32)22-23(26(29)33)28(27(34)35-3)15-5-6-16-30(28)24(22)21-13-11-20(12-14-21)19-9-7-18(8-10-19)17(2)31/h7-14,22-24H,4-6,15-16H2,1-3H3/t22-,23-,24+,28-/m0/s1. The van der Waals surface area contributed by atoms with Gasteiger partial charge in [0.05, 0.1) is 18.9 Å². The normalized spacial score (nSPS) is 28.1. The Morgan fingerprint density at radius 3 is 2.17 bits per heavy atom. The van der Waals surface area contributed by atoms with Gasteiger partial charge in [0.2, 0.25) is 11.8 Å². The number of hydrogen-bond acceptors (Lipinski definition) is 6. The molecule has 3 saturated heterocycles. The van der Waals surface area contributed by atoms with Crippen LogP contribution in [0.5, 0.6) is 0 Å². The molecule has 0 unspecified atom stereocenters. The van der Waals surface area contributed by atoms with E-state index in [4.69, 9.17) is 4.74 Å². The second kappa shape index (κ2) is 8.72. The average Bonchev–Trinajstić information content (AvgIpc) is 3.33. The van der Waals surface area contributed by atoms with Gasteiger partial charge < -0.3 is 4.74 Å². The highest BCUT2D eigenvalue weighted by Gasteiger charge is 2.72. The zero-order chi connectivity index (χ0) is 24.9. The highest BCUT2D eigenvalue weighted by atomic mass is 16.5. The summed E-state index contributed by atoms with van der Waals surface area (Å²) in [5, 5.41) is 0. The zero-order valence-electron chi connectivity index (χ0n) is 20.3. The summed E-state index contributed by atoms with van der Waals surface area (Å²) in [7, 11) is 1.36. The number of ether oxygens (including phenoxy) is 1. The monoisotopic (exact) mass is 474 g/mol. The lowest BCUT2D eigenvalue weighted by Crippen LogP contribution is -2.59. The smallest absolute Gasteiger partial charge is 0.327 e. The van der Waals surface area contributed by atoms with Crippen LogP contribution in [0.2, 0.25) is 0 Å². The first-order valence-corrected chi connectivity index (χ1v) is 12.3. The van der Waals surface area contributed by atoms with Gasteiger partial charge in [0.15, 0.2) is 5.78 Å². The number of imide groups is 1. The Hall–Kier alpha value is -3.32. The van der Waals surface area contributed by atoms with Crippen LogP contribution in [0.15, 0.2) is 48.5 Å². The molecule has 2 aromatic carbocycles. The van der Waals surface area contributed by atoms with E-state index >= 15 is 0 Å². The quantitative estimate of drug-likeness (QED) is 0.374. The SMILES string of the molecule is CCN1C(=O)[C@@H]2[C@@H](c3ccc(-c4ccc(C(C)=O)cc4)cc3)N3CCCC[C@@]3(C(=O)OC)[C@@H]2C1=O. The van der Waals surface area contributed by atoms with Gasteiger partial charge in [-0.15, -0.1) is 0 Å². The first-order valence-electron chi connectivity index (χ1n) is 12.3. The van der Waals surface area contributed by atoms with E-state index in [1.165, 1.54) is 12.0 Å². The number of rotatable bonds is 5. The molecule has 4 atom stereocenters. The third kappa shape index (κ3) is 3.36. The van der Waals surface area contributed by atoms with Crippen molar-refractivity contribution in [2.45, 2.75) is 44.7 Å². The van der Waals surface area contributed by atoms with E-state index in [1.807, 2.05) is 48.5 Å². The average molecular weight is 475 g/mol. The number of piperidine rings is 1. The summed E-state index contributed by atoms with van der Waals surface area (Å²) in [6.45, 7) is 4.27. The lowest BCUT2D eigenvalue weighted by Gasteiger charge is -2.44. The summed E-state index contributed by atoms with van der Waals surface area (Å²) in [6, 6.07) is 15.1. The molecule has 0 aliphatic carbocycles. The summed E-state index contributed by atoms with van der Waals surface area (Å²) in [5.41, 5.74) is 2.44. The Kier molecular flexibility index (Phi) is 5.83. The molecule has 2 amide bonds. The number of ketones is 1. The van der Waals surface area contributed by atoms with Crippen molar-refractivity contribution in [1.82, 2.24) is 9.80 Å². The Morgan fingerprint density at radius 1 is 0.971 bits per heavy atom. The Bertz CT molecular complexity index is 1190. The minimum atomic E-state index is -1.11. The van der Waals surface area contributed by atoms with Crippen LogP contribution >= 0.6 is 0 Å². The van der Waals surface area contributed by atoms with Crippen molar-refractivity contribution in [3.63, 3.8) is 0 Å². The van der Waals surface area contributed by atoms with E-state index in [0.717, 1.165) is 29.5 Å². The van der Waals surface area contributed by atoms with Crippen LogP contribution in [0.1, 0.15) is 55.1 Å². The van der Waals surface area contributed by atoms with Crippen molar-refractivity contribution in [2.24, 2.45) is 11.8 Å². The number of hydrogen-bond donors (Lipinski definition) is 0. The molecule has 3 aliphatic rings. The number of carbonyl (C=O) groups is 4. The number of nitrogens with zero attached hydrogens (tertiary/aromatic N) is 2. The van der Waals surface area contributed by atoms with Gasteiger partial charge in [-0.2, -0.15) is 0 Å². The number of likely N-dealkylation sites (tertiary alicyclic amines) is 1. The van der Waals surface area contributed by atoms with Crippen LogP contribution in [0.4, 0.5) is 0 Å². The van der Waals surface area contributed by atoms with Crippen LogP contribution in [0, 0.1) is 11.8 Å². The maximum absolute atomic E-state index is 13.5. The minimum absolute atomic E-state index is 0.0233. The van der Waals surface area contributed by atoms with Gasteiger partial charge in [-0.05, 0) is 56.3 Å². The molecule has 0 radical (unpaired) electrons. The van der Waals surface area contributed by atoms with Gasteiger partial charge in [-0.25, -0.2) is 0 Å². The maximum Gasteiger partial charge on any atom is 0.327 e. The number of carbonyl (C=O) groups excluding carboxylic acids is 4. The van der Waals surface area contributed by atoms with E-state index in [0.29, 0.717) is 25.1 Å². The van der Waals surface area contributed by atoms with Gasteiger partial charge in [0.1, 0.15) is 5.54 Å². The number of amides is 2. The van der Waals surface area contributed by atoms with E-state index in [1.54, 1.807) is 13.8 Å². The molecule has 0 aromatic heterocycles. The van der Waals surface area contributed by atoms with E-state index in [2.05, 4.69) is 4.90 Å². The molecule has 0 N–H and O–H groups in total. The highest BCUT2D eigenvalue weighted by Crippen LogP contribution is 2.58. The van der Waals surface area contributed by atoms with Crippen molar-refractivity contribution in [1.29, 1.82) is 0 Å². The number of benzene rings is 2. The molecular formula is C28H30N2O5. The summed E-state index contributed by atoms with van der Waals surface area (Å²) >= 11 is 0. The number of methoxy groups -OCH3 is 1. The molecule has 3 aliphatic heterocycles. The van der Waals surface area contributed by atoms with Crippen molar-refractivity contribution in [3.05, 3.63) is 59.7 Å². The Labute approximate surface area is 205 Å². The third-order valence-electron chi connectivity index (χ3n) is 8.08. The molecule has 3 fully saturated rings. The molecule has 3 heterocycles. The first-order chi connectivity index (χ1) is 16.8. The second-order valence-electron chi connectivity index (χ2n) is 9.69. The number of fused-ring (bicyclic) bond motifs is 3. The molecule has 7 nitrogen and oxygen atoms in total. The molecule has 7 heteroatoms. The van der Waals surface area contributed by atoms with Crippen LogP contribution in [0.25, 0.3) is 11.1 Å². The topological polar surface area (TPSA) is 84.0 Å². The lowest BCUT2D eigenvalue weighted by molar-refractivity contribution is -0.164. The maximum atomic E-state index is 13.5. The van der Waals surface area contributed by atoms with E-state index in [-0.39, 0.29) is 23.6 Å². The van der Waals surface area contributed by atoms with Crippen LogP contribution in [-0.4, -0.2) is 59.1 Å². The van der Waals surface area contributed by atoms with Gasteiger partial charge in [0, 0.05) is 18.2 Å². The van der Waals surface area contributed by atoms with Gasteiger partial charge in [-0.3, -0.25) is 29.0 Å². The fourth-order valence-corrected chi connectivity index (χ4v) is 6.50. The minimum Gasteiger partial charge on any atom is -0.468 e. The molecule has 5 rings (SSSR count). The zero-order valence-corrected chi connectivity index (χ0v) is 20.3. The molecular weight excluding hydrogens is 444 g/mol. The Morgan fingerprint density at radius 2 is 1.60 bits per heavy atom. The molecule has 0 bridgehead atoms. The van der Waals surface area contributed by atoms with Gasteiger partial charge >= 0.3 is 5.97 Å². The first kappa shape index (κ1) is 23.4. The second-order valence-corrected chi connectivity index (χ2v) is 9.69. The van der Waals surface area contributed by atoms with Crippen LogP contribution in [0.3, 0.4) is 0 Å². The third-order valence-corrected chi connectivity index (χ3v) is 8.08. The van der Waals surface area contributed by atoms with Gasteiger partial charge in [0.25, 0.3) is 0 Å². The summed E-state index contributed by atoms with van der Waals surface area (Å²) in [6.07, 6.45) is 2.22. The number of esters is 1. The predicted molar refractivity (Wildman–Crippen MR) is 129 cm³/mol. The van der Waals surface area contributed by atoms with Crippen LogP contribution < -0.4 is 0 Å². The molecule has 182 valence electrons. The number of Topliss-reactive ketones (excluding diaryl/α,β-unsaturated/α-hetero) is 1. The van der Waals surface area contributed by atoms with Crippen LogP contribution in [-0.2, 0) is 19.1 Å². The van der Waals surface area contributed by atoms with E-state index < -0.39 is 23.3 Å². The largest absolute Gasteiger partial charge is 0.468 e. The lowest BCUT2D eigenvalue weighted by atomic mass is 9.75. The summed E-state index contributed by atoms with van der Waals surface area (Å²) in [5.74, 6) is -2.20. The van der Waals surface area contributed by atoms with Gasteiger partial charge in [-0.1, -0.05) is 48.5 Å². The van der Waals surface area contributed by atoms with Crippen molar-refractivity contribution in [2.75, 3.05) is 20.2 Å². The highest BCUT2D eigenvalue weighted by molar-refractivity contribution is 6.09. The van der Waals surface area contributed by atoms with E-state index in [9.17, 15) is 19.2 Å². The molecule has 0 saturated carbocycles. The molecule has 0 spiro atoms. The molecule has 35 heavy (non-hydrogen) atoms. The van der Waals surface area contributed by atoms with Crippen molar-refractivity contribution >= 4 is 23.6 Å². The Balaban J connectivity index is 1.56. The fraction of sp³-hybridized carbons (Fsp3) is 0.429. The van der Waals surface area contributed by atoms with Crippen molar-refractivity contribution < 1.29 is 23.9 Å². The fourth-order valence-electron chi connectivity index (χ4n) is 6.50. The summed E-state index contributed by atoms with van der Waals surface area (Å²) < 4.78 is 5.26. The van der Waals surface area contributed by atoms with Crippen molar-refractivity contribution in [3.8, 4) is 11.1 Å².